The van der Waals surface area contributed by atoms with E-state index in [-0.39, 0.29) is 11.9 Å². The average Bonchev–Trinajstić information content (AvgIpc) is 2.40. The molecule has 0 radical (unpaired) electrons. The molecular formula is C16H16F2N2O. The summed E-state index contributed by atoms with van der Waals surface area (Å²) in [5, 5.41) is 5.79. The van der Waals surface area contributed by atoms with Crippen LogP contribution in [0, 0.1) is 11.6 Å². The number of amides is 1. The van der Waals surface area contributed by atoms with Crippen molar-refractivity contribution < 1.29 is 13.6 Å². The SMILES string of the molecule is CC(=O)Nc1ccc(NC(C)c2ccc(F)cc2F)cc1. The zero-order valence-electron chi connectivity index (χ0n) is 11.8. The van der Waals surface area contributed by atoms with Crippen LogP contribution in [-0.4, -0.2) is 5.91 Å². The van der Waals surface area contributed by atoms with Gasteiger partial charge in [-0.2, -0.15) is 0 Å². The third-order valence-electron chi connectivity index (χ3n) is 3.02. The summed E-state index contributed by atoms with van der Waals surface area (Å²) in [4.78, 5) is 10.9. The molecule has 2 aromatic carbocycles. The van der Waals surface area contributed by atoms with E-state index in [0.717, 1.165) is 11.8 Å². The summed E-state index contributed by atoms with van der Waals surface area (Å²) in [6, 6.07) is 10.3. The second-order valence-corrected chi connectivity index (χ2v) is 4.79. The summed E-state index contributed by atoms with van der Waals surface area (Å²) in [5.74, 6) is -1.31. The van der Waals surface area contributed by atoms with Crippen molar-refractivity contribution in [2.75, 3.05) is 10.6 Å². The fourth-order valence-electron chi connectivity index (χ4n) is 2.03. The van der Waals surface area contributed by atoms with Crippen molar-refractivity contribution >= 4 is 17.3 Å². The molecular weight excluding hydrogens is 274 g/mol. The first-order valence-corrected chi connectivity index (χ1v) is 6.55. The molecule has 0 saturated heterocycles. The van der Waals surface area contributed by atoms with Crippen molar-refractivity contribution in [1.82, 2.24) is 0 Å². The number of halogens is 2. The molecule has 1 unspecified atom stereocenters. The van der Waals surface area contributed by atoms with E-state index in [1.54, 1.807) is 31.2 Å². The number of carbonyl (C=O) groups excluding carboxylic acids is 1. The molecule has 0 aliphatic rings. The molecule has 0 heterocycles. The Morgan fingerprint density at radius 1 is 1.05 bits per heavy atom. The predicted molar refractivity (Wildman–Crippen MR) is 79.1 cm³/mol. The first-order chi connectivity index (χ1) is 9.95. The van der Waals surface area contributed by atoms with Crippen LogP contribution in [0.1, 0.15) is 25.5 Å². The summed E-state index contributed by atoms with van der Waals surface area (Å²) >= 11 is 0. The van der Waals surface area contributed by atoms with Gasteiger partial charge in [0.05, 0.1) is 6.04 Å². The van der Waals surface area contributed by atoms with Crippen LogP contribution in [0.15, 0.2) is 42.5 Å². The third-order valence-corrected chi connectivity index (χ3v) is 3.02. The van der Waals surface area contributed by atoms with Gasteiger partial charge in [-0.1, -0.05) is 6.07 Å². The molecule has 2 rings (SSSR count). The van der Waals surface area contributed by atoms with Gasteiger partial charge in [-0.05, 0) is 37.3 Å². The standard InChI is InChI=1S/C16H16F2N2O/c1-10(15-8-3-12(17)9-16(15)18)19-13-4-6-14(7-5-13)20-11(2)21/h3-10,19H,1-2H3,(H,20,21). The molecule has 0 aliphatic heterocycles. The first kappa shape index (κ1) is 15.0. The molecule has 3 nitrogen and oxygen atoms in total. The largest absolute Gasteiger partial charge is 0.378 e. The van der Waals surface area contributed by atoms with Crippen molar-refractivity contribution in [2.24, 2.45) is 0 Å². The summed E-state index contributed by atoms with van der Waals surface area (Å²) in [6.45, 7) is 3.23. The molecule has 0 fully saturated rings. The Morgan fingerprint density at radius 3 is 2.24 bits per heavy atom. The van der Waals surface area contributed by atoms with E-state index in [2.05, 4.69) is 10.6 Å². The topological polar surface area (TPSA) is 41.1 Å². The molecule has 0 aliphatic carbocycles. The van der Waals surface area contributed by atoms with E-state index in [1.807, 2.05) is 0 Å². The maximum atomic E-state index is 13.7. The minimum absolute atomic E-state index is 0.141. The van der Waals surface area contributed by atoms with Gasteiger partial charge in [0.15, 0.2) is 0 Å². The summed E-state index contributed by atoms with van der Waals surface area (Å²) in [7, 11) is 0. The van der Waals surface area contributed by atoms with Crippen LogP contribution < -0.4 is 10.6 Å². The molecule has 5 heteroatoms. The van der Waals surface area contributed by atoms with Gasteiger partial charge in [-0.25, -0.2) is 8.78 Å². The summed E-state index contributed by atoms with van der Waals surface area (Å²) in [5.41, 5.74) is 1.86. The van der Waals surface area contributed by atoms with Gasteiger partial charge in [0.25, 0.3) is 0 Å². The Morgan fingerprint density at radius 2 is 1.67 bits per heavy atom. The average molecular weight is 290 g/mol. The monoisotopic (exact) mass is 290 g/mol. The molecule has 1 amide bonds. The lowest BCUT2D eigenvalue weighted by molar-refractivity contribution is -0.114. The van der Waals surface area contributed by atoms with Crippen LogP contribution in [0.3, 0.4) is 0 Å². The number of rotatable bonds is 4. The lowest BCUT2D eigenvalue weighted by atomic mass is 10.1. The van der Waals surface area contributed by atoms with Crippen LogP contribution in [-0.2, 0) is 4.79 Å². The number of hydrogen-bond acceptors (Lipinski definition) is 2. The van der Waals surface area contributed by atoms with Crippen LogP contribution in [0.25, 0.3) is 0 Å². The van der Waals surface area contributed by atoms with Gasteiger partial charge < -0.3 is 10.6 Å². The van der Waals surface area contributed by atoms with Crippen molar-refractivity contribution in [1.29, 1.82) is 0 Å². The van der Waals surface area contributed by atoms with Crippen LogP contribution in [0.5, 0.6) is 0 Å². The zero-order chi connectivity index (χ0) is 15.4. The molecule has 0 aromatic heterocycles. The van der Waals surface area contributed by atoms with Gasteiger partial charge in [0.2, 0.25) is 5.91 Å². The van der Waals surface area contributed by atoms with Crippen LogP contribution >= 0.6 is 0 Å². The highest BCUT2D eigenvalue weighted by molar-refractivity contribution is 5.88. The number of anilines is 2. The Balaban J connectivity index is 2.08. The van der Waals surface area contributed by atoms with E-state index in [9.17, 15) is 13.6 Å². The second-order valence-electron chi connectivity index (χ2n) is 4.79. The Kier molecular flexibility index (Phi) is 4.52. The van der Waals surface area contributed by atoms with E-state index >= 15 is 0 Å². The van der Waals surface area contributed by atoms with Crippen molar-refractivity contribution in [3.8, 4) is 0 Å². The van der Waals surface area contributed by atoms with Crippen molar-refractivity contribution in [3.63, 3.8) is 0 Å². The highest BCUT2D eigenvalue weighted by Gasteiger charge is 2.11. The highest BCUT2D eigenvalue weighted by atomic mass is 19.1. The maximum Gasteiger partial charge on any atom is 0.221 e. The lowest BCUT2D eigenvalue weighted by Crippen LogP contribution is -2.09. The molecule has 2 aromatic rings. The van der Waals surface area contributed by atoms with Crippen molar-refractivity contribution in [3.05, 3.63) is 59.7 Å². The lowest BCUT2D eigenvalue weighted by Gasteiger charge is -2.16. The van der Waals surface area contributed by atoms with Gasteiger partial charge in [0, 0.05) is 29.9 Å². The maximum absolute atomic E-state index is 13.7. The van der Waals surface area contributed by atoms with Gasteiger partial charge in [-0.15, -0.1) is 0 Å². The Bertz CT molecular complexity index is 641. The Hall–Kier alpha value is -2.43. The molecule has 0 saturated carbocycles. The van der Waals surface area contributed by atoms with Gasteiger partial charge in [-0.3, -0.25) is 4.79 Å². The number of nitrogens with one attached hydrogen (secondary N) is 2. The predicted octanol–water partition coefficient (Wildman–Crippen LogP) is 4.10. The molecule has 2 N–H and O–H groups in total. The number of hydrogen-bond donors (Lipinski definition) is 2. The van der Waals surface area contributed by atoms with Crippen LogP contribution in [0.2, 0.25) is 0 Å². The molecule has 0 spiro atoms. The zero-order valence-corrected chi connectivity index (χ0v) is 11.8. The normalized spacial score (nSPS) is 11.8. The minimum Gasteiger partial charge on any atom is -0.378 e. The van der Waals surface area contributed by atoms with E-state index < -0.39 is 11.6 Å². The van der Waals surface area contributed by atoms with Gasteiger partial charge in [0.1, 0.15) is 11.6 Å². The quantitative estimate of drug-likeness (QED) is 0.890. The minimum atomic E-state index is -0.594. The van der Waals surface area contributed by atoms with Crippen LogP contribution in [0.4, 0.5) is 20.2 Å². The number of benzene rings is 2. The summed E-state index contributed by atoms with van der Waals surface area (Å²) in [6.07, 6.45) is 0. The van der Waals surface area contributed by atoms with Gasteiger partial charge >= 0.3 is 0 Å². The summed E-state index contributed by atoms with van der Waals surface area (Å²) < 4.78 is 26.6. The van der Waals surface area contributed by atoms with Crippen molar-refractivity contribution in [2.45, 2.75) is 19.9 Å². The third kappa shape index (κ3) is 4.02. The van der Waals surface area contributed by atoms with E-state index in [1.165, 1.54) is 19.1 Å². The van der Waals surface area contributed by atoms with E-state index in [0.29, 0.717) is 11.3 Å². The fourth-order valence-corrected chi connectivity index (χ4v) is 2.03. The first-order valence-electron chi connectivity index (χ1n) is 6.55. The number of carbonyl (C=O) groups is 1. The second kappa shape index (κ2) is 6.35. The Labute approximate surface area is 122 Å². The molecule has 21 heavy (non-hydrogen) atoms. The van der Waals surface area contributed by atoms with E-state index in [4.69, 9.17) is 0 Å². The fraction of sp³-hybridized carbons (Fsp3) is 0.188. The highest BCUT2D eigenvalue weighted by Crippen LogP contribution is 2.23. The molecule has 110 valence electrons. The molecule has 0 bridgehead atoms. The smallest absolute Gasteiger partial charge is 0.221 e. The molecule has 1 atom stereocenters.